The first-order valence-corrected chi connectivity index (χ1v) is 7.66. The van der Waals surface area contributed by atoms with E-state index >= 15 is 0 Å². The smallest absolute Gasteiger partial charge is 0.337 e. The molecule has 0 saturated carbocycles. The number of nitro groups is 1. The highest BCUT2D eigenvalue weighted by atomic mass is 16.6. The van der Waals surface area contributed by atoms with Crippen LogP contribution in [0.3, 0.4) is 0 Å². The van der Waals surface area contributed by atoms with Gasteiger partial charge < -0.3 is 11.1 Å². The number of nitrogens with two attached hydrogens (primary N) is 1. The average Bonchev–Trinajstić information content (AvgIpc) is 3.22. The lowest BCUT2D eigenvalue weighted by atomic mass is 10.2. The molecule has 0 unspecified atom stereocenters. The monoisotopic (exact) mass is 343 g/mol. The van der Waals surface area contributed by atoms with Gasteiger partial charge in [-0.1, -0.05) is 0 Å². The first-order chi connectivity index (χ1) is 12.0. The molecule has 0 aliphatic carbocycles. The van der Waals surface area contributed by atoms with Gasteiger partial charge in [0.2, 0.25) is 11.8 Å². The Morgan fingerprint density at radius 3 is 2.44 bits per heavy atom. The second-order valence-corrected chi connectivity index (χ2v) is 5.18. The summed E-state index contributed by atoms with van der Waals surface area (Å²) in [7, 11) is 0. The normalized spacial score (nSPS) is 10.8. The molecule has 0 saturated heterocycles. The van der Waals surface area contributed by atoms with Crippen molar-refractivity contribution in [2.24, 2.45) is 0 Å². The lowest BCUT2D eigenvalue weighted by Crippen LogP contribution is -2.06. The molecule has 0 bridgehead atoms. The number of nitrogens with zero attached hydrogens (tertiary/aromatic N) is 7. The van der Waals surface area contributed by atoms with Crippen LogP contribution in [-0.4, -0.2) is 34.5 Å². The Morgan fingerprint density at radius 1 is 1.16 bits per heavy atom. The highest BCUT2D eigenvalue weighted by Gasteiger charge is 2.25. The first kappa shape index (κ1) is 16.4. The van der Waals surface area contributed by atoms with Crippen LogP contribution in [0.25, 0.3) is 11.3 Å². The first-order valence-electron chi connectivity index (χ1n) is 7.66. The fraction of sp³-hybridized carbons (Fsp3) is 0.286. The molecule has 0 aliphatic heterocycles. The Balaban J connectivity index is 2.04. The second kappa shape index (κ2) is 6.55. The van der Waals surface area contributed by atoms with Crippen LogP contribution < -0.4 is 11.1 Å². The molecule has 0 atom stereocenters. The third kappa shape index (κ3) is 3.24. The van der Waals surface area contributed by atoms with E-state index in [0.717, 1.165) is 0 Å². The van der Waals surface area contributed by atoms with E-state index in [2.05, 4.69) is 25.5 Å². The largest absolute Gasteiger partial charge is 0.378 e. The van der Waals surface area contributed by atoms with Crippen molar-refractivity contribution >= 4 is 23.1 Å². The summed E-state index contributed by atoms with van der Waals surface area (Å²) in [5.74, 6) is -0.0670. The standard InChI is InChI=1S/C14H17N9O2/c1-3-21-7-9(5-16-21)11-12(23(24)25)13(15)20-14(19-11)18-10-6-17-22(4-2)8-10/h5-8H,3-4H2,1-2H3,(H3,15,18,19,20). The van der Waals surface area contributed by atoms with Crippen LogP contribution in [0.5, 0.6) is 0 Å². The van der Waals surface area contributed by atoms with Crippen molar-refractivity contribution in [3.8, 4) is 11.3 Å². The number of aryl methyl sites for hydroxylation is 2. The van der Waals surface area contributed by atoms with Crippen LogP contribution in [-0.2, 0) is 13.1 Å². The van der Waals surface area contributed by atoms with E-state index in [0.29, 0.717) is 24.3 Å². The Bertz CT molecular complexity index is 915. The molecule has 3 aromatic rings. The Kier molecular flexibility index (Phi) is 4.29. The van der Waals surface area contributed by atoms with Crippen LogP contribution in [0.2, 0.25) is 0 Å². The molecule has 0 aliphatic rings. The molecule has 3 heterocycles. The molecule has 3 N–H and O–H groups in total. The van der Waals surface area contributed by atoms with Gasteiger partial charge in [-0.05, 0) is 13.8 Å². The van der Waals surface area contributed by atoms with Gasteiger partial charge in [-0.25, -0.2) is 4.98 Å². The number of anilines is 3. The number of nitrogens with one attached hydrogen (secondary N) is 1. The van der Waals surface area contributed by atoms with Crippen LogP contribution in [0.4, 0.5) is 23.1 Å². The van der Waals surface area contributed by atoms with Crippen molar-refractivity contribution in [3.63, 3.8) is 0 Å². The van der Waals surface area contributed by atoms with Gasteiger partial charge in [-0.3, -0.25) is 19.5 Å². The predicted octanol–water partition coefficient (Wildman–Crippen LogP) is 1.81. The number of aromatic nitrogens is 6. The summed E-state index contributed by atoms with van der Waals surface area (Å²) in [6.07, 6.45) is 6.57. The lowest BCUT2D eigenvalue weighted by Gasteiger charge is -2.07. The average molecular weight is 343 g/mol. The molecular formula is C14H17N9O2. The maximum atomic E-state index is 11.4. The second-order valence-electron chi connectivity index (χ2n) is 5.18. The Labute approximate surface area is 142 Å². The zero-order valence-electron chi connectivity index (χ0n) is 13.7. The summed E-state index contributed by atoms with van der Waals surface area (Å²) < 4.78 is 3.37. The molecule has 3 rings (SSSR count). The molecule has 11 heteroatoms. The van der Waals surface area contributed by atoms with Crippen LogP contribution in [0.1, 0.15) is 13.8 Å². The molecule has 0 fully saturated rings. The fourth-order valence-corrected chi connectivity index (χ4v) is 2.30. The molecule has 0 amide bonds. The lowest BCUT2D eigenvalue weighted by molar-refractivity contribution is -0.383. The minimum Gasteiger partial charge on any atom is -0.378 e. The van der Waals surface area contributed by atoms with Gasteiger partial charge in [0.25, 0.3) is 0 Å². The molecule has 11 nitrogen and oxygen atoms in total. The van der Waals surface area contributed by atoms with Crippen LogP contribution >= 0.6 is 0 Å². The fourth-order valence-electron chi connectivity index (χ4n) is 2.30. The molecule has 130 valence electrons. The van der Waals surface area contributed by atoms with Gasteiger partial charge in [0.1, 0.15) is 0 Å². The van der Waals surface area contributed by atoms with E-state index in [-0.39, 0.29) is 23.1 Å². The highest BCUT2D eigenvalue weighted by molar-refractivity contribution is 5.77. The predicted molar refractivity (Wildman–Crippen MR) is 91.2 cm³/mol. The number of hydrogen-bond acceptors (Lipinski definition) is 8. The third-order valence-corrected chi connectivity index (χ3v) is 3.54. The van der Waals surface area contributed by atoms with Crippen molar-refractivity contribution < 1.29 is 4.92 Å². The molecular weight excluding hydrogens is 326 g/mol. The topological polar surface area (TPSA) is 143 Å². The SMILES string of the molecule is CCn1cc(Nc2nc(N)c([N+](=O)[O-])c(-c3cnn(CC)c3)n2)cn1. The Morgan fingerprint density at radius 2 is 1.84 bits per heavy atom. The van der Waals surface area contributed by atoms with Crippen molar-refractivity contribution in [2.75, 3.05) is 11.1 Å². The van der Waals surface area contributed by atoms with Crippen molar-refractivity contribution in [1.29, 1.82) is 0 Å². The van der Waals surface area contributed by atoms with E-state index < -0.39 is 4.92 Å². The van der Waals surface area contributed by atoms with E-state index in [1.165, 1.54) is 6.20 Å². The van der Waals surface area contributed by atoms with Gasteiger partial charge in [0.15, 0.2) is 5.69 Å². The van der Waals surface area contributed by atoms with Crippen molar-refractivity contribution in [3.05, 3.63) is 34.9 Å². The molecule has 25 heavy (non-hydrogen) atoms. The van der Waals surface area contributed by atoms with Crippen molar-refractivity contribution in [2.45, 2.75) is 26.9 Å². The van der Waals surface area contributed by atoms with Gasteiger partial charge in [-0.15, -0.1) is 0 Å². The maximum Gasteiger partial charge on any atom is 0.337 e. The van der Waals surface area contributed by atoms with Crippen LogP contribution in [0, 0.1) is 10.1 Å². The van der Waals surface area contributed by atoms with Gasteiger partial charge in [0.05, 0.1) is 23.0 Å². The molecule has 0 radical (unpaired) electrons. The summed E-state index contributed by atoms with van der Waals surface area (Å²) in [5.41, 5.74) is 6.73. The minimum absolute atomic E-state index is 0.114. The quantitative estimate of drug-likeness (QED) is 0.509. The summed E-state index contributed by atoms with van der Waals surface area (Å²) in [6.45, 7) is 5.22. The summed E-state index contributed by atoms with van der Waals surface area (Å²) >= 11 is 0. The van der Waals surface area contributed by atoms with Crippen LogP contribution in [0.15, 0.2) is 24.8 Å². The minimum atomic E-state index is -0.590. The van der Waals surface area contributed by atoms with Gasteiger partial charge in [0, 0.05) is 31.0 Å². The highest BCUT2D eigenvalue weighted by Crippen LogP contribution is 2.33. The maximum absolute atomic E-state index is 11.4. The molecule has 3 aromatic heterocycles. The zero-order chi connectivity index (χ0) is 18.0. The number of rotatable bonds is 6. The Hall–Kier alpha value is -3.50. The zero-order valence-corrected chi connectivity index (χ0v) is 13.7. The van der Waals surface area contributed by atoms with Crippen molar-refractivity contribution in [1.82, 2.24) is 29.5 Å². The molecule has 0 aromatic carbocycles. The number of nitrogen functional groups attached to an aromatic ring is 1. The summed E-state index contributed by atoms with van der Waals surface area (Å²) in [6, 6.07) is 0. The third-order valence-electron chi connectivity index (χ3n) is 3.54. The summed E-state index contributed by atoms with van der Waals surface area (Å²) in [5, 5.41) is 22.6. The summed E-state index contributed by atoms with van der Waals surface area (Å²) in [4.78, 5) is 19.1. The van der Waals surface area contributed by atoms with Gasteiger partial charge in [-0.2, -0.15) is 15.2 Å². The van der Waals surface area contributed by atoms with E-state index in [9.17, 15) is 10.1 Å². The van der Waals surface area contributed by atoms with E-state index in [1.54, 1.807) is 28.0 Å². The molecule has 0 spiro atoms. The van der Waals surface area contributed by atoms with E-state index in [4.69, 9.17) is 5.73 Å². The van der Waals surface area contributed by atoms with Gasteiger partial charge >= 0.3 is 5.69 Å². The van der Waals surface area contributed by atoms with E-state index in [1.807, 2.05) is 13.8 Å². The number of hydrogen-bond donors (Lipinski definition) is 2.